The third kappa shape index (κ3) is 3.76. The predicted octanol–water partition coefficient (Wildman–Crippen LogP) is -0.737. The van der Waals surface area contributed by atoms with Crippen LogP contribution in [0.2, 0.25) is 0 Å². The number of nitrogens with zero attached hydrogens (tertiary/aromatic N) is 3. The Morgan fingerprint density at radius 2 is 1.82 bits per heavy atom. The Kier molecular flexibility index (Phi) is 5.39. The number of nitrogens with two attached hydrogens (primary N) is 1. The fraction of sp³-hybridized carbons (Fsp3) is 0.800. The molecule has 2 aliphatic heterocycles. The molecule has 7 heteroatoms. The van der Waals surface area contributed by atoms with Crippen molar-refractivity contribution in [2.75, 3.05) is 40.3 Å². The first-order chi connectivity index (χ1) is 10.4. The molecular weight excluding hydrogens is 284 g/mol. The van der Waals surface area contributed by atoms with Crippen molar-refractivity contribution in [3.8, 4) is 0 Å². The minimum Gasteiger partial charge on any atom is -0.369 e. The van der Waals surface area contributed by atoms with E-state index >= 15 is 0 Å². The van der Waals surface area contributed by atoms with Crippen LogP contribution in [0.15, 0.2) is 0 Å². The molecule has 7 nitrogen and oxygen atoms in total. The van der Waals surface area contributed by atoms with Crippen LogP contribution in [0, 0.1) is 5.92 Å². The maximum absolute atomic E-state index is 12.6. The van der Waals surface area contributed by atoms with Gasteiger partial charge in [0.1, 0.15) is 0 Å². The third-order valence-electron chi connectivity index (χ3n) is 4.52. The van der Waals surface area contributed by atoms with Crippen molar-refractivity contribution in [3.05, 3.63) is 0 Å². The van der Waals surface area contributed by atoms with Crippen LogP contribution in [-0.4, -0.2) is 78.7 Å². The number of amides is 3. The van der Waals surface area contributed by atoms with Gasteiger partial charge in [0.15, 0.2) is 0 Å². The van der Waals surface area contributed by atoms with Crippen LogP contribution < -0.4 is 5.73 Å². The van der Waals surface area contributed by atoms with E-state index in [0.717, 1.165) is 25.8 Å². The number of likely N-dealkylation sites (tertiary alicyclic amines) is 2. The van der Waals surface area contributed by atoms with Gasteiger partial charge in [-0.15, -0.1) is 0 Å². The van der Waals surface area contributed by atoms with Crippen LogP contribution >= 0.6 is 0 Å². The molecule has 2 fully saturated rings. The quantitative estimate of drug-likeness (QED) is 0.696. The summed E-state index contributed by atoms with van der Waals surface area (Å²) in [4.78, 5) is 41.4. The maximum atomic E-state index is 12.6. The summed E-state index contributed by atoms with van der Waals surface area (Å²) < 4.78 is 0. The van der Waals surface area contributed by atoms with Gasteiger partial charge in [-0.3, -0.25) is 14.4 Å². The standard InChI is InChI=1S/C15H26N4O3/c1-17(2)10-12-5-3-4-7-19(12)15(22)14(21)18-8-6-11(9-18)13(16)20/h11-12H,3-10H2,1-2H3,(H2,16,20). The molecule has 2 aliphatic rings. The van der Waals surface area contributed by atoms with Crippen LogP contribution in [0.3, 0.4) is 0 Å². The fourth-order valence-corrected chi connectivity index (χ4v) is 3.31. The number of carbonyl (C=O) groups is 3. The van der Waals surface area contributed by atoms with Crippen LogP contribution in [0.4, 0.5) is 0 Å². The summed E-state index contributed by atoms with van der Waals surface area (Å²) >= 11 is 0. The summed E-state index contributed by atoms with van der Waals surface area (Å²) in [5.41, 5.74) is 5.28. The van der Waals surface area contributed by atoms with E-state index in [4.69, 9.17) is 5.73 Å². The molecule has 0 bridgehead atoms. The van der Waals surface area contributed by atoms with E-state index in [2.05, 4.69) is 0 Å². The molecule has 124 valence electrons. The zero-order chi connectivity index (χ0) is 16.3. The molecule has 0 aromatic heterocycles. The van der Waals surface area contributed by atoms with Crippen molar-refractivity contribution in [3.63, 3.8) is 0 Å². The number of hydrogen-bond donors (Lipinski definition) is 1. The highest BCUT2D eigenvalue weighted by Crippen LogP contribution is 2.20. The second-order valence-corrected chi connectivity index (χ2v) is 6.55. The number of carbonyl (C=O) groups excluding carboxylic acids is 3. The van der Waals surface area contributed by atoms with E-state index in [1.807, 2.05) is 19.0 Å². The molecule has 0 aliphatic carbocycles. The second-order valence-electron chi connectivity index (χ2n) is 6.55. The smallest absolute Gasteiger partial charge is 0.312 e. The van der Waals surface area contributed by atoms with E-state index in [-0.39, 0.29) is 18.5 Å². The molecule has 2 heterocycles. The van der Waals surface area contributed by atoms with Gasteiger partial charge in [0.2, 0.25) is 5.91 Å². The van der Waals surface area contributed by atoms with E-state index in [9.17, 15) is 14.4 Å². The van der Waals surface area contributed by atoms with Crippen molar-refractivity contribution in [2.24, 2.45) is 11.7 Å². The molecule has 0 spiro atoms. The molecule has 3 amide bonds. The van der Waals surface area contributed by atoms with Crippen LogP contribution in [0.25, 0.3) is 0 Å². The van der Waals surface area contributed by atoms with Crippen molar-refractivity contribution in [2.45, 2.75) is 31.7 Å². The lowest BCUT2D eigenvalue weighted by Crippen LogP contribution is -2.53. The average molecular weight is 310 g/mol. The lowest BCUT2D eigenvalue weighted by Gasteiger charge is -2.37. The normalized spacial score (nSPS) is 25.6. The Balaban J connectivity index is 1.99. The number of rotatable bonds is 3. The zero-order valence-corrected chi connectivity index (χ0v) is 13.5. The second kappa shape index (κ2) is 7.09. The maximum Gasteiger partial charge on any atom is 0.312 e. The highest BCUT2D eigenvalue weighted by atomic mass is 16.2. The van der Waals surface area contributed by atoms with Crippen LogP contribution in [0.1, 0.15) is 25.7 Å². The average Bonchev–Trinajstić information content (AvgIpc) is 2.95. The van der Waals surface area contributed by atoms with Crippen molar-refractivity contribution < 1.29 is 14.4 Å². The number of piperidine rings is 1. The van der Waals surface area contributed by atoms with Gasteiger partial charge in [-0.25, -0.2) is 0 Å². The first-order valence-corrected chi connectivity index (χ1v) is 7.94. The van der Waals surface area contributed by atoms with E-state index in [1.165, 1.54) is 4.90 Å². The van der Waals surface area contributed by atoms with Crippen molar-refractivity contribution in [1.82, 2.24) is 14.7 Å². The summed E-state index contributed by atoms with van der Waals surface area (Å²) in [7, 11) is 3.94. The number of primary amides is 1. The minimum absolute atomic E-state index is 0.0924. The Bertz CT molecular complexity index is 452. The van der Waals surface area contributed by atoms with E-state index in [0.29, 0.717) is 19.5 Å². The first-order valence-electron chi connectivity index (χ1n) is 7.94. The monoisotopic (exact) mass is 310 g/mol. The summed E-state index contributed by atoms with van der Waals surface area (Å²) in [5, 5.41) is 0. The van der Waals surface area contributed by atoms with Crippen molar-refractivity contribution >= 4 is 17.7 Å². The largest absolute Gasteiger partial charge is 0.369 e. The van der Waals surface area contributed by atoms with Gasteiger partial charge in [-0.2, -0.15) is 0 Å². The molecular formula is C15H26N4O3. The third-order valence-corrected chi connectivity index (χ3v) is 4.52. The van der Waals surface area contributed by atoms with Crippen LogP contribution in [-0.2, 0) is 14.4 Å². The zero-order valence-electron chi connectivity index (χ0n) is 13.5. The van der Waals surface area contributed by atoms with Crippen LogP contribution in [0.5, 0.6) is 0 Å². The molecule has 22 heavy (non-hydrogen) atoms. The first kappa shape index (κ1) is 16.7. The molecule has 2 N–H and O–H groups in total. The molecule has 2 unspecified atom stereocenters. The predicted molar refractivity (Wildman–Crippen MR) is 81.8 cm³/mol. The summed E-state index contributed by atoms with van der Waals surface area (Å²) in [6, 6.07) is 0.0924. The van der Waals surface area contributed by atoms with Gasteiger partial charge >= 0.3 is 11.8 Å². The molecule has 0 aromatic carbocycles. The van der Waals surface area contributed by atoms with E-state index < -0.39 is 17.7 Å². The Morgan fingerprint density at radius 3 is 2.41 bits per heavy atom. The highest BCUT2D eigenvalue weighted by molar-refractivity contribution is 6.35. The Labute approximate surface area is 131 Å². The van der Waals surface area contributed by atoms with Crippen molar-refractivity contribution in [1.29, 1.82) is 0 Å². The molecule has 2 saturated heterocycles. The summed E-state index contributed by atoms with van der Waals surface area (Å²) in [6.45, 7) is 2.11. The summed E-state index contributed by atoms with van der Waals surface area (Å²) in [5.74, 6) is -1.65. The van der Waals surface area contributed by atoms with Gasteiger partial charge in [0.25, 0.3) is 0 Å². The molecule has 0 radical (unpaired) electrons. The molecule has 2 atom stereocenters. The van der Waals surface area contributed by atoms with Gasteiger partial charge in [0, 0.05) is 32.2 Å². The Hall–Kier alpha value is -1.63. The van der Waals surface area contributed by atoms with Gasteiger partial charge < -0.3 is 20.4 Å². The topological polar surface area (TPSA) is 87.0 Å². The lowest BCUT2D eigenvalue weighted by atomic mass is 10.0. The van der Waals surface area contributed by atoms with Gasteiger partial charge in [-0.1, -0.05) is 0 Å². The molecule has 0 aromatic rings. The lowest BCUT2D eigenvalue weighted by molar-refractivity contribution is -0.153. The SMILES string of the molecule is CN(C)CC1CCCCN1C(=O)C(=O)N1CCC(C(N)=O)C1. The Morgan fingerprint density at radius 1 is 1.09 bits per heavy atom. The van der Waals surface area contributed by atoms with Gasteiger partial charge in [0.05, 0.1) is 5.92 Å². The fourth-order valence-electron chi connectivity index (χ4n) is 3.31. The number of hydrogen-bond acceptors (Lipinski definition) is 4. The molecule has 2 rings (SSSR count). The van der Waals surface area contributed by atoms with Gasteiger partial charge in [-0.05, 0) is 39.8 Å². The molecule has 0 saturated carbocycles. The summed E-state index contributed by atoms with van der Waals surface area (Å²) in [6.07, 6.45) is 3.51. The number of likely N-dealkylation sites (N-methyl/N-ethyl adjacent to an activating group) is 1. The van der Waals surface area contributed by atoms with E-state index in [1.54, 1.807) is 4.90 Å². The highest BCUT2D eigenvalue weighted by Gasteiger charge is 2.37. The minimum atomic E-state index is -0.491.